The minimum Gasteiger partial charge on any atom is -0.367 e. The molecule has 0 aliphatic heterocycles. The van der Waals surface area contributed by atoms with Gasteiger partial charge in [0, 0.05) is 6.54 Å². The first-order valence-corrected chi connectivity index (χ1v) is 6.99. The highest BCUT2D eigenvalue weighted by molar-refractivity contribution is 6.05. The number of nitrogens with one attached hydrogen (secondary N) is 2. The Labute approximate surface area is 137 Å². The average Bonchev–Trinajstić information content (AvgIpc) is 3.03. The van der Waals surface area contributed by atoms with E-state index in [0.29, 0.717) is 6.54 Å². The van der Waals surface area contributed by atoms with E-state index in [1.165, 1.54) is 6.33 Å². The van der Waals surface area contributed by atoms with Crippen LogP contribution in [0.1, 0.15) is 11.1 Å². The topological polar surface area (TPSA) is 158 Å². The lowest BCUT2D eigenvalue weighted by atomic mass is 10.1. The van der Waals surface area contributed by atoms with Crippen molar-refractivity contribution in [3.05, 3.63) is 48.0 Å². The largest absolute Gasteiger partial charge is 0.367 e. The van der Waals surface area contributed by atoms with Crippen molar-refractivity contribution in [3.63, 3.8) is 0 Å². The number of primary amides is 2. The van der Waals surface area contributed by atoms with Crippen molar-refractivity contribution in [2.24, 2.45) is 11.5 Å². The smallest absolute Gasteiger partial charge is 0.316 e. The Bertz CT molecular complexity index is 716. The van der Waals surface area contributed by atoms with Crippen molar-refractivity contribution in [2.45, 2.75) is 19.1 Å². The molecular formula is C14H17N7O3. The van der Waals surface area contributed by atoms with Crippen molar-refractivity contribution < 1.29 is 14.4 Å². The third-order valence-corrected chi connectivity index (χ3v) is 3.10. The zero-order valence-electron chi connectivity index (χ0n) is 12.7. The molecule has 1 aromatic heterocycles. The maximum Gasteiger partial charge on any atom is 0.316 e. The number of aromatic nitrogens is 3. The number of benzene rings is 1. The molecule has 0 radical (unpaired) electrons. The van der Waals surface area contributed by atoms with Gasteiger partial charge in [0.2, 0.25) is 11.8 Å². The van der Waals surface area contributed by atoms with E-state index in [1.807, 2.05) is 24.3 Å². The molecule has 0 saturated carbocycles. The Hall–Kier alpha value is -3.43. The number of hydrogen-bond donors (Lipinski definition) is 4. The number of nitrogens with zero attached hydrogens (tertiary/aromatic N) is 3. The third-order valence-electron chi connectivity index (χ3n) is 3.10. The van der Waals surface area contributed by atoms with E-state index in [9.17, 15) is 14.4 Å². The fourth-order valence-corrected chi connectivity index (χ4v) is 1.99. The summed E-state index contributed by atoms with van der Waals surface area (Å²) >= 11 is 0. The van der Waals surface area contributed by atoms with Crippen molar-refractivity contribution in [3.8, 4) is 0 Å². The van der Waals surface area contributed by atoms with Gasteiger partial charge in [-0.15, -0.1) is 0 Å². The highest BCUT2D eigenvalue weighted by atomic mass is 16.2. The molecule has 1 aromatic carbocycles. The van der Waals surface area contributed by atoms with Crippen molar-refractivity contribution in [1.82, 2.24) is 25.4 Å². The summed E-state index contributed by atoms with van der Waals surface area (Å²) in [7, 11) is 0. The number of carbonyl (C=O) groups is 3. The number of amides is 4. The van der Waals surface area contributed by atoms with E-state index in [4.69, 9.17) is 11.5 Å². The summed E-state index contributed by atoms with van der Waals surface area (Å²) in [6.45, 7) is 0.743. The predicted octanol–water partition coefficient (Wildman–Crippen LogP) is -1.54. The Morgan fingerprint density at radius 1 is 1.17 bits per heavy atom. The van der Waals surface area contributed by atoms with Crippen LogP contribution in [0.5, 0.6) is 0 Å². The molecule has 2 rings (SSSR count). The molecule has 0 fully saturated rings. The molecular weight excluding hydrogens is 314 g/mol. The first-order chi connectivity index (χ1) is 11.5. The van der Waals surface area contributed by atoms with Crippen molar-refractivity contribution in [2.75, 3.05) is 0 Å². The molecule has 24 heavy (non-hydrogen) atoms. The summed E-state index contributed by atoms with van der Waals surface area (Å²) in [5.41, 5.74) is 11.8. The molecule has 0 bridgehead atoms. The normalized spacial score (nSPS) is 10.4. The Morgan fingerprint density at radius 3 is 2.50 bits per heavy atom. The van der Waals surface area contributed by atoms with Gasteiger partial charge in [-0.2, -0.15) is 5.10 Å². The molecule has 0 unspecified atom stereocenters. The van der Waals surface area contributed by atoms with E-state index in [-0.39, 0.29) is 6.54 Å². The average molecular weight is 331 g/mol. The van der Waals surface area contributed by atoms with Crippen LogP contribution in [0.3, 0.4) is 0 Å². The van der Waals surface area contributed by atoms with E-state index in [1.54, 1.807) is 11.0 Å². The Kier molecular flexibility index (Phi) is 5.45. The molecule has 0 aliphatic carbocycles. The van der Waals surface area contributed by atoms with E-state index in [2.05, 4.69) is 20.7 Å². The zero-order chi connectivity index (χ0) is 17.5. The quantitative estimate of drug-likeness (QED) is 0.452. The molecule has 1 heterocycles. The molecule has 126 valence electrons. The number of urea groups is 1. The summed E-state index contributed by atoms with van der Waals surface area (Å²) in [5.74, 6) is -2.04. The summed E-state index contributed by atoms with van der Waals surface area (Å²) < 4.78 is 1.67. The molecule has 0 atom stereocenters. The molecule has 0 aliphatic rings. The minimum atomic E-state index is -1.55. The molecule has 0 saturated heterocycles. The van der Waals surface area contributed by atoms with Gasteiger partial charge in [0.05, 0.1) is 6.54 Å². The van der Waals surface area contributed by atoms with Gasteiger partial charge in [-0.25, -0.2) is 14.5 Å². The van der Waals surface area contributed by atoms with E-state index in [0.717, 1.165) is 11.1 Å². The van der Waals surface area contributed by atoms with Crippen LogP contribution in [0.25, 0.3) is 0 Å². The number of nitrogens with two attached hydrogens (primary N) is 2. The molecule has 6 N–H and O–H groups in total. The second-order valence-electron chi connectivity index (χ2n) is 4.98. The highest BCUT2D eigenvalue weighted by Crippen LogP contribution is 2.06. The SMILES string of the molecule is NC(=O)C(NC(=O)NCc1cccc(Cn2cncn2)c1)C(N)=O. The Morgan fingerprint density at radius 2 is 1.88 bits per heavy atom. The summed E-state index contributed by atoms with van der Waals surface area (Å²) in [6, 6.07) is 5.20. The molecule has 0 spiro atoms. The molecule has 10 nitrogen and oxygen atoms in total. The van der Waals surface area contributed by atoms with Crippen LogP contribution in [0.2, 0.25) is 0 Å². The van der Waals surface area contributed by atoms with Crippen LogP contribution in [0.15, 0.2) is 36.9 Å². The lowest BCUT2D eigenvalue weighted by Crippen LogP contribution is -2.54. The predicted molar refractivity (Wildman–Crippen MR) is 83.1 cm³/mol. The second kappa shape index (κ2) is 7.72. The third kappa shape index (κ3) is 4.80. The standard InChI is InChI=1S/C14H17N7O3/c15-12(22)11(13(16)23)20-14(24)18-5-9-2-1-3-10(4-9)6-21-8-17-7-19-21/h1-4,7-8,11H,5-6H2,(H2,15,22)(H2,16,23)(H2,18,20,24). The van der Waals surface area contributed by atoms with Crippen molar-refractivity contribution in [1.29, 1.82) is 0 Å². The lowest BCUT2D eigenvalue weighted by molar-refractivity contribution is -0.128. The second-order valence-corrected chi connectivity index (χ2v) is 4.98. The maximum absolute atomic E-state index is 11.7. The molecule has 2 aromatic rings. The maximum atomic E-state index is 11.7. The van der Waals surface area contributed by atoms with Crippen LogP contribution in [0, 0.1) is 0 Å². The molecule has 4 amide bonds. The Balaban J connectivity index is 1.90. The lowest BCUT2D eigenvalue weighted by Gasteiger charge is -2.13. The number of carbonyl (C=O) groups excluding carboxylic acids is 3. The van der Waals surface area contributed by atoms with Crippen LogP contribution in [-0.4, -0.2) is 38.7 Å². The van der Waals surface area contributed by atoms with Gasteiger partial charge in [0.1, 0.15) is 12.7 Å². The number of rotatable bonds is 7. The summed E-state index contributed by atoms with van der Waals surface area (Å²) in [6.07, 6.45) is 3.05. The fraction of sp³-hybridized carbons (Fsp3) is 0.214. The van der Waals surface area contributed by atoms with Crippen LogP contribution >= 0.6 is 0 Å². The first-order valence-electron chi connectivity index (χ1n) is 6.99. The van der Waals surface area contributed by atoms with E-state index >= 15 is 0 Å². The van der Waals surface area contributed by atoms with Gasteiger partial charge in [0.15, 0.2) is 6.04 Å². The monoisotopic (exact) mass is 331 g/mol. The van der Waals surface area contributed by atoms with Gasteiger partial charge in [-0.3, -0.25) is 9.59 Å². The molecule has 10 heteroatoms. The van der Waals surface area contributed by atoms with E-state index < -0.39 is 23.9 Å². The van der Waals surface area contributed by atoms with Gasteiger partial charge in [0.25, 0.3) is 0 Å². The van der Waals surface area contributed by atoms with Crippen LogP contribution in [-0.2, 0) is 22.7 Å². The summed E-state index contributed by atoms with van der Waals surface area (Å²) in [4.78, 5) is 37.6. The minimum absolute atomic E-state index is 0.196. The van der Waals surface area contributed by atoms with Gasteiger partial charge < -0.3 is 22.1 Å². The van der Waals surface area contributed by atoms with Gasteiger partial charge >= 0.3 is 6.03 Å². The first kappa shape index (κ1) is 16.9. The highest BCUT2D eigenvalue weighted by Gasteiger charge is 2.23. The van der Waals surface area contributed by atoms with Crippen LogP contribution < -0.4 is 22.1 Å². The number of hydrogen-bond acceptors (Lipinski definition) is 5. The van der Waals surface area contributed by atoms with Gasteiger partial charge in [-0.1, -0.05) is 24.3 Å². The van der Waals surface area contributed by atoms with Crippen LogP contribution in [0.4, 0.5) is 4.79 Å². The summed E-state index contributed by atoms with van der Waals surface area (Å²) in [5, 5.41) is 8.66. The zero-order valence-corrected chi connectivity index (χ0v) is 12.7. The van der Waals surface area contributed by atoms with Gasteiger partial charge in [-0.05, 0) is 11.1 Å². The fourth-order valence-electron chi connectivity index (χ4n) is 1.99. The van der Waals surface area contributed by atoms with Crippen molar-refractivity contribution >= 4 is 17.8 Å².